The number of piperidine rings is 1. The van der Waals surface area contributed by atoms with Gasteiger partial charge >= 0.3 is 0 Å². The van der Waals surface area contributed by atoms with Crippen LogP contribution in [0.4, 0.5) is 0 Å². The number of benzene rings is 1. The van der Waals surface area contributed by atoms with Crippen molar-refractivity contribution in [3.8, 4) is 0 Å². The average molecular weight is 244 g/mol. The fourth-order valence-corrected chi connectivity index (χ4v) is 3.30. The minimum Gasteiger partial charge on any atom is -0.248 e. The van der Waals surface area contributed by atoms with Crippen LogP contribution in [0.1, 0.15) is 55.7 Å². The van der Waals surface area contributed by atoms with Crippen LogP contribution in [0.2, 0.25) is 0 Å². The summed E-state index contributed by atoms with van der Waals surface area (Å²) in [7, 11) is 0. The number of hydrogen-bond acceptors (Lipinski definition) is 2. The van der Waals surface area contributed by atoms with Crippen molar-refractivity contribution in [3.63, 3.8) is 0 Å². The molecule has 1 aliphatic heterocycles. The zero-order chi connectivity index (χ0) is 12.2. The third-order valence-electron chi connectivity index (χ3n) is 4.31. The van der Waals surface area contributed by atoms with Crippen LogP contribution in [0, 0.1) is 0 Å². The molecule has 1 N–H and O–H groups in total. The first kappa shape index (κ1) is 12.2. The van der Waals surface area contributed by atoms with Gasteiger partial charge < -0.3 is 0 Å². The first-order chi connectivity index (χ1) is 8.93. The lowest BCUT2D eigenvalue weighted by molar-refractivity contribution is 0.125. The molecule has 2 aliphatic rings. The summed E-state index contributed by atoms with van der Waals surface area (Å²) in [5, 5.41) is 2.45. The molecule has 98 valence electrons. The Hall–Kier alpha value is -0.860. The van der Waals surface area contributed by atoms with Gasteiger partial charge in [-0.05, 0) is 43.2 Å². The Morgan fingerprint density at radius 1 is 0.944 bits per heavy atom. The van der Waals surface area contributed by atoms with E-state index in [4.69, 9.17) is 0 Å². The Morgan fingerprint density at radius 2 is 1.78 bits per heavy atom. The molecule has 1 fully saturated rings. The van der Waals surface area contributed by atoms with Crippen molar-refractivity contribution < 1.29 is 0 Å². The predicted octanol–water partition coefficient (Wildman–Crippen LogP) is 3.44. The molecule has 2 heteroatoms. The maximum Gasteiger partial charge on any atom is 0.0467 e. The summed E-state index contributed by atoms with van der Waals surface area (Å²) in [5.74, 6) is 0. The van der Waals surface area contributed by atoms with Crippen LogP contribution < -0.4 is 5.43 Å². The lowest BCUT2D eigenvalue weighted by atomic mass is 9.99. The summed E-state index contributed by atoms with van der Waals surface area (Å²) in [5.41, 5.74) is 6.89. The third kappa shape index (κ3) is 2.76. The second kappa shape index (κ2) is 5.85. The lowest BCUT2D eigenvalue weighted by Gasteiger charge is -2.32. The van der Waals surface area contributed by atoms with E-state index in [1.807, 2.05) is 0 Å². The standard InChI is InChI=1S/C16H24N2/c1-6-12-18(13-7-1)17-16-11-5-3-9-14-8-2-4-10-15(14)16/h2,4,8,10,16-17H,1,3,5-7,9,11-13H2. The van der Waals surface area contributed by atoms with Gasteiger partial charge in [0.25, 0.3) is 0 Å². The Labute approximate surface area is 110 Å². The molecule has 1 saturated heterocycles. The van der Waals surface area contributed by atoms with Crippen LogP contribution in [0.25, 0.3) is 0 Å². The van der Waals surface area contributed by atoms with E-state index in [9.17, 15) is 0 Å². The molecule has 1 aromatic carbocycles. The van der Waals surface area contributed by atoms with Gasteiger partial charge in [0.1, 0.15) is 0 Å². The average Bonchev–Trinajstić information content (AvgIpc) is 2.63. The monoisotopic (exact) mass is 244 g/mol. The molecule has 0 aromatic heterocycles. The molecule has 0 saturated carbocycles. The molecule has 1 aliphatic carbocycles. The van der Waals surface area contributed by atoms with Gasteiger partial charge in [0, 0.05) is 19.1 Å². The van der Waals surface area contributed by atoms with Crippen LogP contribution >= 0.6 is 0 Å². The summed E-state index contributed by atoms with van der Waals surface area (Å²) in [6.45, 7) is 2.44. The minimum absolute atomic E-state index is 0.543. The Kier molecular flexibility index (Phi) is 3.96. The zero-order valence-corrected chi connectivity index (χ0v) is 11.2. The predicted molar refractivity (Wildman–Crippen MR) is 75.3 cm³/mol. The number of hydrazine groups is 1. The second-order valence-electron chi connectivity index (χ2n) is 5.67. The lowest BCUT2D eigenvalue weighted by Crippen LogP contribution is -2.43. The van der Waals surface area contributed by atoms with E-state index in [1.54, 1.807) is 11.1 Å². The van der Waals surface area contributed by atoms with E-state index in [0.29, 0.717) is 6.04 Å². The van der Waals surface area contributed by atoms with Crippen molar-refractivity contribution >= 4 is 0 Å². The molecule has 1 unspecified atom stereocenters. The molecule has 0 spiro atoms. The highest BCUT2D eigenvalue weighted by molar-refractivity contribution is 5.31. The van der Waals surface area contributed by atoms with E-state index in [-0.39, 0.29) is 0 Å². The smallest absolute Gasteiger partial charge is 0.0467 e. The largest absolute Gasteiger partial charge is 0.248 e. The van der Waals surface area contributed by atoms with Crippen LogP contribution in [-0.4, -0.2) is 18.1 Å². The molecular formula is C16H24N2. The third-order valence-corrected chi connectivity index (χ3v) is 4.31. The number of nitrogens with one attached hydrogen (secondary N) is 1. The van der Waals surface area contributed by atoms with Crippen LogP contribution in [0.15, 0.2) is 24.3 Å². The highest BCUT2D eigenvalue weighted by Crippen LogP contribution is 2.29. The second-order valence-corrected chi connectivity index (χ2v) is 5.67. The normalized spacial score (nSPS) is 25.4. The highest BCUT2D eigenvalue weighted by Gasteiger charge is 2.21. The maximum atomic E-state index is 3.79. The topological polar surface area (TPSA) is 15.3 Å². The van der Waals surface area contributed by atoms with Crippen molar-refractivity contribution in [2.24, 2.45) is 0 Å². The molecule has 0 bridgehead atoms. The van der Waals surface area contributed by atoms with Gasteiger partial charge in [-0.25, -0.2) is 10.4 Å². The van der Waals surface area contributed by atoms with E-state index < -0.39 is 0 Å². The van der Waals surface area contributed by atoms with E-state index >= 15 is 0 Å². The van der Waals surface area contributed by atoms with Gasteiger partial charge in [-0.2, -0.15) is 0 Å². The van der Waals surface area contributed by atoms with Crippen molar-refractivity contribution in [3.05, 3.63) is 35.4 Å². The summed E-state index contributed by atoms with van der Waals surface area (Å²) in [4.78, 5) is 0. The molecule has 2 nitrogen and oxygen atoms in total. The number of fused-ring (bicyclic) bond motifs is 1. The molecule has 1 aromatic rings. The van der Waals surface area contributed by atoms with Crippen LogP contribution in [0.3, 0.4) is 0 Å². The summed E-state index contributed by atoms with van der Waals surface area (Å²) >= 11 is 0. The first-order valence-electron chi connectivity index (χ1n) is 7.52. The minimum atomic E-state index is 0.543. The first-order valence-corrected chi connectivity index (χ1v) is 7.52. The fourth-order valence-electron chi connectivity index (χ4n) is 3.30. The molecule has 0 amide bonds. The summed E-state index contributed by atoms with van der Waals surface area (Å²) < 4.78 is 0. The van der Waals surface area contributed by atoms with Crippen LogP contribution in [-0.2, 0) is 6.42 Å². The van der Waals surface area contributed by atoms with Gasteiger partial charge in [-0.3, -0.25) is 0 Å². The molecule has 1 heterocycles. The Morgan fingerprint density at radius 3 is 2.67 bits per heavy atom. The highest BCUT2D eigenvalue weighted by atomic mass is 15.5. The Balaban J connectivity index is 1.74. The van der Waals surface area contributed by atoms with Gasteiger partial charge in [-0.15, -0.1) is 0 Å². The maximum absolute atomic E-state index is 3.79. The van der Waals surface area contributed by atoms with E-state index in [2.05, 4.69) is 34.7 Å². The molecular weight excluding hydrogens is 220 g/mol. The van der Waals surface area contributed by atoms with Crippen molar-refractivity contribution in [1.82, 2.24) is 10.4 Å². The molecule has 1 atom stereocenters. The Bertz CT molecular complexity index is 382. The summed E-state index contributed by atoms with van der Waals surface area (Å²) in [6, 6.07) is 9.55. The number of rotatable bonds is 2. The number of nitrogens with zero attached hydrogens (tertiary/aromatic N) is 1. The molecule has 18 heavy (non-hydrogen) atoms. The van der Waals surface area contributed by atoms with Gasteiger partial charge in [0.2, 0.25) is 0 Å². The van der Waals surface area contributed by atoms with E-state index in [0.717, 1.165) is 0 Å². The van der Waals surface area contributed by atoms with Gasteiger partial charge in [-0.1, -0.05) is 37.1 Å². The number of aryl methyl sites for hydroxylation is 1. The zero-order valence-electron chi connectivity index (χ0n) is 11.2. The number of hydrogen-bond donors (Lipinski definition) is 1. The summed E-state index contributed by atoms with van der Waals surface area (Å²) in [6.07, 6.45) is 9.33. The molecule has 0 radical (unpaired) electrons. The fraction of sp³-hybridized carbons (Fsp3) is 0.625. The van der Waals surface area contributed by atoms with Gasteiger partial charge in [0.15, 0.2) is 0 Å². The van der Waals surface area contributed by atoms with Crippen molar-refractivity contribution in [2.45, 2.75) is 51.0 Å². The SMILES string of the molecule is c1ccc2c(c1)CCCCC2NN1CCCCC1. The van der Waals surface area contributed by atoms with Crippen molar-refractivity contribution in [1.29, 1.82) is 0 Å². The van der Waals surface area contributed by atoms with Crippen LogP contribution in [0.5, 0.6) is 0 Å². The quantitative estimate of drug-likeness (QED) is 0.802. The van der Waals surface area contributed by atoms with E-state index in [1.165, 1.54) is 58.0 Å². The van der Waals surface area contributed by atoms with Crippen molar-refractivity contribution in [2.75, 3.05) is 13.1 Å². The molecule has 3 rings (SSSR count). The van der Waals surface area contributed by atoms with Gasteiger partial charge in [0.05, 0.1) is 0 Å².